The minimum Gasteiger partial charge on any atom is -0.317 e. The minimum atomic E-state index is 0.647. The van der Waals surface area contributed by atoms with E-state index in [1.54, 1.807) is 0 Å². The second-order valence-corrected chi connectivity index (χ2v) is 2.91. The SMILES string of the molecule is [C-]#[N+]CCCc1ccccc1C. The third-order valence-corrected chi connectivity index (χ3v) is 1.98. The molecule has 1 nitrogen and oxygen atoms in total. The number of hydrogen-bond donors (Lipinski definition) is 0. The van der Waals surface area contributed by atoms with E-state index in [9.17, 15) is 0 Å². The minimum absolute atomic E-state index is 0.647. The van der Waals surface area contributed by atoms with Crippen LogP contribution in [0.2, 0.25) is 0 Å². The molecule has 62 valence electrons. The summed E-state index contributed by atoms with van der Waals surface area (Å²) >= 11 is 0. The Labute approximate surface area is 73.9 Å². The van der Waals surface area contributed by atoms with E-state index in [1.807, 2.05) is 6.07 Å². The zero-order chi connectivity index (χ0) is 8.81. The molecule has 0 aliphatic carbocycles. The van der Waals surface area contributed by atoms with Gasteiger partial charge in [0.1, 0.15) is 0 Å². The summed E-state index contributed by atoms with van der Waals surface area (Å²) in [5.41, 5.74) is 2.71. The fourth-order valence-electron chi connectivity index (χ4n) is 1.24. The van der Waals surface area contributed by atoms with Gasteiger partial charge in [-0.25, -0.2) is 6.57 Å². The van der Waals surface area contributed by atoms with Gasteiger partial charge >= 0.3 is 0 Å². The summed E-state index contributed by atoms with van der Waals surface area (Å²) in [5, 5.41) is 0. The van der Waals surface area contributed by atoms with Crippen molar-refractivity contribution in [3.63, 3.8) is 0 Å². The molecule has 0 atom stereocenters. The van der Waals surface area contributed by atoms with Gasteiger partial charge in [0, 0.05) is 6.42 Å². The Morgan fingerprint density at radius 3 is 2.75 bits per heavy atom. The summed E-state index contributed by atoms with van der Waals surface area (Å²) in [4.78, 5) is 3.33. The summed E-state index contributed by atoms with van der Waals surface area (Å²) in [6, 6.07) is 8.36. The van der Waals surface area contributed by atoms with Crippen molar-refractivity contribution in [3.8, 4) is 0 Å². The second-order valence-electron chi connectivity index (χ2n) is 2.91. The molecule has 0 aromatic heterocycles. The van der Waals surface area contributed by atoms with Crippen molar-refractivity contribution in [2.24, 2.45) is 0 Å². The molecule has 0 fully saturated rings. The standard InChI is InChI=1S/C11H13N/c1-10-6-3-4-7-11(10)8-5-9-12-2/h3-4,6-7H,5,8-9H2,1H3. The van der Waals surface area contributed by atoms with Crippen molar-refractivity contribution in [2.45, 2.75) is 19.8 Å². The van der Waals surface area contributed by atoms with Gasteiger partial charge in [-0.2, -0.15) is 0 Å². The molecule has 1 rings (SSSR count). The number of benzene rings is 1. The molecule has 0 heterocycles. The Hall–Kier alpha value is -1.29. The first-order chi connectivity index (χ1) is 5.84. The highest BCUT2D eigenvalue weighted by molar-refractivity contribution is 5.25. The molecule has 0 saturated carbocycles. The van der Waals surface area contributed by atoms with E-state index < -0.39 is 0 Å². The normalized spacial score (nSPS) is 9.33. The molecule has 0 spiro atoms. The zero-order valence-electron chi connectivity index (χ0n) is 7.38. The number of hydrogen-bond acceptors (Lipinski definition) is 0. The highest BCUT2D eigenvalue weighted by Crippen LogP contribution is 2.09. The maximum Gasteiger partial charge on any atom is 0.215 e. The van der Waals surface area contributed by atoms with Crippen molar-refractivity contribution in [3.05, 3.63) is 46.8 Å². The van der Waals surface area contributed by atoms with Gasteiger partial charge in [0.25, 0.3) is 0 Å². The van der Waals surface area contributed by atoms with Crippen molar-refractivity contribution >= 4 is 0 Å². The predicted molar refractivity (Wildman–Crippen MR) is 51.0 cm³/mol. The van der Waals surface area contributed by atoms with Crippen LogP contribution in [-0.2, 0) is 6.42 Å². The van der Waals surface area contributed by atoms with Crippen LogP contribution in [0.4, 0.5) is 0 Å². The summed E-state index contributed by atoms with van der Waals surface area (Å²) in [7, 11) is 0. The van der Waals surface area contributed by atoms with Crippen LogP contribution in [0.15, 0.2) is 24.3 Å². The van der Waals surface area contributed by atoms with E-state index in [0.29, 0.717) is 6.54 Å². The van der Waals surface area contributed by atoms with Crippen LogP contribution in [0.3, 0.4) is 0 Å². The quantitative estimate of drug-likeness (QED) is 0.472. The number of aryl methyl sites for hydroxylation is 2. The van der Waals surface area contributed by atoms with Gasteiger partial charge in [-0.15, -0.1) is 0 Å². The maximum absolute atomic E-state index is 6.65. The molecule has 0 saturated heterocycles. The van der Waals surface area contributed by atoms with E-state index in [1.165, 1.54) is 11.1 Å². The van der Waals surface area contributed by atoms with Gasteiger partial charge in [-0.3, -0.25) is 0 Å². The number of rotatable bonds is 3. The molecular weight excluding hydrogens is 146 g/mol. The monoisotopic (exact) mass is 159 g/mol. The van der Waals surface area contributed by atoms with Gasteiger partial charge in [-0.1, -0.05) is 24.3 Å². The lowest BCUT2D eigenvalue weighted by Gasteiger charge is -2.01. The van der Waals surface area contributed by atoms with Crippen LogP contribution >= 0.6 is 0 Å². The average Bonchev–Trinajstić information content (AvgIpc) is 2.09. The summed E-state index contributed by atoms with van der Waals surface area (Å²) < 4.78 is 0. The van der Waals surface area contributed by atoms with Crippen molar-refractivity contribution in [1.82, 2.24) is 0 Å². The molecule has 0 amide bonds. The van der Waals surface area contributed by atoms with Crippen LogP contribution < -0.4 is 0 Å². The first kappa shape index (κ1) is 8.80. The van der Waals surface area contributed by atoms with Crippen LogP contribution in [0, 0.1) is 13.5 Å². The topological polar surface area (TPSA) is 4.36 Å². The summed E-state index contributed by atoms with van der Waals surface area (Å²) in [6.07, 6.45) is 2.02. The molecule has 0 radical (unpaired) electrons. The summed E-state index contributed by atoms with van der Waals surface area (Å²) in [6.45, 7) is 9.41. The molecule has 0 aliphatic heterocycles. The highest BCUT2D eigenvalue weighted by atomic mass is 14.6. The van der Waals surface area contributed by atoms with Crippen molar-refractivity contribution < 1.29 is 0 Å². The third-order valence-electron chi connectivity index (χ3n) is 1.98. The third kappa shape index (κ3) is 2.39. The Morgan fingerprint density at radius 1 is 1.33 bits per heavy atom. The fourth-order valence-corrected chi connectivity index (χ4v) is 1.24. The molecule has 0 N–H and O–H groups in total. The summed E-state index contributed by atoms with van der Waals surface area (Å²) in [5.74, 6) is 0. The molecule has 1 heteroatoms. The lowest BCUT2D eigenvalue weighted by Crippen LogP contribution is -1.90. The largest absolute Gasteiger partial charge is 0.317 e. The van der Waals surface area contributed by atoms with Gasteiger partial charge in [0.2, 0.25) is 6.54 Å². The Morgan fingerprint density at radius 2 is 2.08 bits per heavy atom. The van der Waals surface area contributed by atoms with Gasteiger partial charge < -0.3 is 4.85 Å². The van der Waals surface area contributed by atoms with E-state index >= 15 is 0 Å². The lowest BCUT2D eigenvalue weighted by atomic mass is 10.0. The van der Waals surface area contributed by atoms with Crippen LogP contribution in [0.1, 0.15) is 17.5 Å². The predicted octanol–water partition coefficient (Wildman–Crippen LogP) is 2.85. The lowest BCUT2D eigenvalue weighted by molar-refractivity contribution is 0.884. The molecule has 1 aromatic carbocycles. The molecular formula is C11H13N. The first-order valence-electron chi connectivity index (χ1n) is 4.22. The average molecular weight is 159 g/mol. The van der Waals surface area contributed by atoms with Gasteiger partial charge in [0.15, 0.2) is 0 Å². The first-order valence-corrected chi connectivity index (χ1v) is 4.22. The van der Waals surface area contributed by atoms with Crippen molar-refractivity contribution in [1.29, 1.82) is 0 Å². The van der Waals surface area contributed by atoms with E-state index in [2.05, 4.69) is 30.0 Å². The van der Waals surface area contributed by atoms with E-state index in [-0.39, 0.29) is 0 Å². The van der Waals surface area contributed by atoms with Crippen molar-refractivity contribution in [2.75, 3.05) is 6.54 Å². The number of nitrogens with zero attached hydrogens (tertiary/aromatic N) is 1. The fraction of sp³-hybridized carbons (Fsp3) is 0.364. The second kappa shape index (κ2) is 4.56. The Balaban J connectivity index is 2.53. The highest BCUT2D eigenvalue weighted by Gasteiger charge is 1.96. The van der Waals surface area contributed by atoms with Gasteiger partial charge in [-0.05, 0) is 24.5 Å². The van der Waals surface area contributed by atoms with Gasteiger partial charge in [0.05, 0.1) is 0 Å². The molecule has 1 aromatic rings. The molecule has 12 heavy (non-hydrogen) atoms. The molecule has 0 bridgehead atoms. The van der Waals surface area contributed by atoms with Crippen LogP contribution in [0.5, 0.6) is 0 Å². The molecule has 0 aliphatic rings. The maximum atomic E-state index is 6.65. The Bertz CT molecular complexity index is 283. The Kier molecular flexibility index (Phi) is 3.35. The van der Waals surface area contributed by atoms with Crippen LogP contribution in [-0.4, -0.2) is 6.54 Å². The molecule has 0 unspecified atom stereocenters. The van der Waals surface area contributed by atoms with Crippen LogP contribution in [0.25, 0.3) is 4.85 Å². The van der Waals surface area contributed by atoms with E-state index in [0.717, 1.165) is 12.8 Å². The smallest absolute Gasteiger partial charge is 0.215 e. The zero-order valence-corrected chi connectivity index (χ0v) is 7.38. The van der Waals surface area contributed by atoms with E-state index in [4.69, 9.17) is 6.57 Å².